The van der Waals surface area contributed by atoms with E-state index in [-0.39, 0.29) is 10.8 Å². The van der Waals surface area contributed by atoms with Crippen molar-refractivity contribution >= 4 is 23.4 Å². The number of alkyl halides is 3. The first-order valence-corrected chi connectivity index (χ1v) is 6.38. The summed E-state index contributed by atoms with van der Waals surface area (Å²) in [5.74, 6) is -1.44. The van der Waals surface area contributed by atoms with Gasteiger partial charge >= 0.3 is 12.1 Å². The molecule has 120 valence electrons. The molecule has 0 radical (unpaired) electrons. The van der Waals surface area contributed by atoms with E-state index in [1.165, 1.54) is 12.3 Å². The van der Waals surface area contributed by atoms with Crippen molar-refractivity contribution in [2.24, 2.45) is 0 Å². The molecule has 0 bridgehead atoms. The average Bonchev–Trinajstić information content (AvgIpc) is 2.88. The molecule has 1 aromatic rings. The number of hydrogen-bond donors (Lipinski definition) is 2. The van der Waals surface area contributed by atoms with Crippen LogP contribution in [0.15, 0.2) is 36.7 Å². The molecule has 6 nitrogen and oxygen atoms in total. The van der Waals surface area contributed by atoms with Crippen LogP contribution >= 0.6 is 11.6 Å². The number of carboxylic acids is 1. The summed E-state index contributed by atoms with van der Waals surface area (Å²) in [4.78, 5) is 14.3. The van der Waals surface area contributed by atoms with E-state index >= 15 is 0 Å². The first-order valence-electron chi connectivity index (χ1n) is 6.00. The molecule has 0 aliphatic carbocycles. The second-order valence-electron chi connectivity index (χ2n) is 4.43. The zero-order valence-corrected chi connectivity index (χ0v) is 11.9. The van der Waals surface area contributed by atoms with Gasteiger partial charge in [0.05, 0.1) is 10.6 Å². The standard InChI is InChI=1S/C13H8ClF3N4O2/c14-9-5-8(13(15,16)17)6-19-11(9)21-12(7-18,3-4-20-21)2-1-10(22)23/h1-6,20H,(H,22,23). The van der Waals surface area contributed by atoms with Gasteiger partial charge in [0.15, 0.2) is 11.4 Å². The molecule has 23 heavy (non-hydrogen) atoms. The normalized spacial score (nSPS) is 20.6. The molecule has 2 N–H and O–H groups in total. The molecule has 0 aromatic carbocycles. The van der Waals surface area contributed by atoms with Crippen molar-refractivity contribution in [3.05, 3.63) is 47.3 Å². The van der Waals surface area contributed by atoms with E-state index in [9.17, 15) is 23.2 Å². The van der Waals surface area contributed by atoms with Gasteiger partial charge in [-0.25, -0.2) is 14.8 Å². The van der Waals surface area contributed by atoms with Crippen molar-refractivity contribution in [1.82, 2.24) is 10.4 Å². The number of nitrogens with one attached hydrogen (secondary N) is 1. The molecule has 0 saturated heterocycles. The molecule has 10 heteroatoms. The molecule has 1 aliphatic heterocycles. The zero-order chi connectivity index (χ0) is 17.3. The minimum atomic E-state index is -4.61. The molecule has 0 spiro atoms. The third kappa shape index (κ3) is 3.22. The Balaban J connectivity index is 2.45. The number of nitrogens with zero attached hydrogens (tertiary/aromatic N) is 3. The first kappa shape index (κ1) is 16.6. The number of carbonyl (C=O) groups is 1. The lowest BCUT2D eigenvalue weighted by molar-refractivity contribution is -0.137. The minimum Gasteiger partial charge on any atom is -0.478 e. The fraction of sp³-hybridized carbons (Fsp3) is 0.154. The number of nitriles is 1. The van der Waals surface area contributed by atoms with Gasteiger partial charge in [0.2, 0.25) is 0 Å². The van der Waals surface area contributed by atoms with E-state index in [1.54, 1.807) is 0 Å². The highest BCUT2D eigenvalue weighted by Crippen LogP contribution is 2.36. The highest BCUT2D eigenvalue weighted by atomic mass is 35.5. The quantitative estimate of drug-likeness (QED) is 0.819. The number of carboxylic acid groups (broad SMARTS) is 1. The molecule has 1 unspecified atom stereocenters. The van der Waals surface area contributed by atoms with Crippen LogP contribution < -0.4 is 10.4 Å². The third-order valence-electron chi connectivity index (χ3n) is 2.93. The number of aliphatic carboxylic acids is 1. The summed E-state index contributed by atoms with van der Waals surface area (Å²) in [6.45, 7) is 0. The molecule has 0 saturated carbocycles. The van der Waals surface area contributed by atoms with Crippen LogP contribution in [0.25, 0.3) is 0 Å². The van der Waals surface area contributed by atoms with Crippen molar-refractivity contribution in [2.75, 3.05) is 5.01 Å². The highest BCUT2D eigenvalue weighted by molar-refractivity contribution is 6.33. The Morgan fingerprint density at radius 3 is 2.78 bits per heavy atom. The Labute approximate surface area is 133 Å². The van der Waals surface area contributed by atoms with Crippen molar-refractivity contribution in [1.29, 1.82) is 5.26 Å². The van der Waals surface area contributed by atoms with Gasteiger partial charge in [-0.1, -0.05) is 11.6 Å². The van der Waals surface area contributed by atoms with Crippen LogP contribution in [0, 0.1) is 11.3 Å². The Bertz CT molecular complexity index is 742. The summed E-state index contributed by atoms with van der Waals surface area (Å²) in [5.41, 5.74) is -0.0329. The summed E-state index contributed by atoms with van der Waals surface area (Å²) in [6.07, 6.45) is 0.409. The van der Waals surface area contributed by atoms with Gasteiger partial charge in [-0.3, -0.25) is 0 Å². The molecular weight excluding hydrogens is 337 g/mol. The van der Waals surface area contributed by atoms with E-state index in [0.717, 1.165) is 17.2 Å². The second kappa shape index (κ2) is 5.81. The maximum atomic E-state index is 12.6. The number of hydrogen-bond acceptors (Lipinski definition) is 5. The van der Waals surface area contributed by atoms with Crippen molar-refractivity contribution in [2.45, 2.75) is 11.7 Å². The van der Waals surface area contributed by atoms with Crippen LogP contribution in [-0.2, 0) is 11.0 Å². The largest absolute Gasteiger partial charge is 0.478 e. The van der Waals surface area contributed by atoms with Gasteiger partial charge in [-0.05, 0) is 18.2 Å². The van der Waals surface area contributed by atoms with E-state index in [4.69, 9.17) is 16.7 Å². The Morgan fingerprint density at radius 1 is 1.57 bits per heavy atom. The van der Waals surface area contributed by atoms with Crippen molar-refractivity contribution in [3.8, 4) is 6.07 Å². The first-order chi connectivity index (χ1) is 10.7. The topological polar surface area (TPSA) is 89.2 Å². The number of aromatic nitrogens is 1. The number of rotatable bonds is 3. The predicted molar refractivity (Wildman–Crippen MR) is 74.1 cm³/mol. The van der Waals surface area contributed by atoms with Gasteiger partial charge in [-0.15, -0.1) is 0 Å². The maximum Gasteiger partial charge on any atom is 0.417 e. The van der Waals surface area contributed by atoms with Crippen LogP contribution in [0.3, 0.4) is 0 Å². The maximum absolute atomic E-state index is 12.6. The molecular formula is C13H8ClF3N4O2. The van der Waals surface area contributed by atoms with Gasteiger partial charge in [0.1, 0.15) is 6.07 Å². The predicted octanol–water partition coefficient (Wildman–Crippen LogP) is 2.50. The Morgan fingerprint density at radius 2 is 2.26 bits per heavy atom. The van der Waals surface area contributed by atoms with Crippen LogP contribution in [-0.4, -0.2) is 21.6 Å². The number of pyridine rings is 1. The van der Waals surface area contributed by atoms with Crippen molar-refractivity contribution < 1.29 is 23.1 Å². The van der Waals surface area contributed by atoms with Gasteiger partial charge in [0, 0.05) is 18.5 Å². The lowest BCUT2D eigenvalue weighted by Gasteiger charge is -2.30. The molecule has 1 atom stereocenters. The molecule has 0 fully saturated rings. The monoisotopic (exact) mass is 344 g/mol. The van der Waals surface area contributed by atoms with Crippen LogP contribution in [0.2, 0.25) is 5.02 Å². The summed E-state index contributed by atoms with van der Waals surface area (Å²) < 4.78 is 37.9. The van der Waals surface area contributed by atoms with E-state index in [0.29, 0.717) is 12.3 Å². The lowest BCUT2D eigenvalue weighted by atomic mass is 10.0. The fourth-order valence-corrected chi connectivity index (χ4v) is 2.11. The summed E-state index contributed by atoms with van der Waals surface area (Å²) in [6, 6.07) is 2.53. The van der Waals surface area contributed by atoms with Gasteiger partial charge in [-0.2, -0.15) is 18.4 Å². The van der Waals surface area contributed by atoms with E-state index in [2.05, 4.69) is 10.4 Å². The number of hydrazine groups is 1. The molecule has 1 aliphatic rings. The number of anilines is 1. The zero-order valence-electron chi connectivity index (χ0n) is 11.2. The molecule has 1 aromatic heterocycles. The van der Waals surface area contributed by atoms with Crippen LogP contribution in [0.1, 0.15) is 5.56 Å². The Hall–Kier alpha value is -2.73. The SMILES string of the molecule is N#CC1(C=CC(=O)O)C=CNN1c1ncc(C(F)(F)F)cc1Cl. The van der Waals surface area contributed by atoms with E-state index in [1.807, 2.05) is 6.07 Å². The third-order valence-corrected chi connectivity index (χ3v) is 3.21. The average molecular weight is 345 g/mol. The van der Waals surface area contributed by atoms with Crippen molar-refractivity contribution in [3.63, 3.8) is 0 Å². The van der Waals surface area contributed by atoms with Crippen LogP contribution in [0.4, 0.5) is 19.0 Å². The lowest BCUT2D eigenvalue weighted by Crippen LogP contribution is -2.47. The molecule has 2 heterocycles. The molecule has 0 amide bonds. The van der Waals surface area contributed by atoms with E-state index < -0.39 is 23.2 Å². The number of halogens is 4. The summed E-state index contributed by atoms with van der Waals surface area (Å²) in [5, 5.41) is 18.8. The van der Waals surface area contributed by atoms with Gasteiger partial charge < -0.3 is 10.5 Å². The second-order valence-corrected chi connectivity index (χ2v) is 4.84. The summed E-state index contributed by atoms with van der Waals surface area (Å²) >= 11 is 5.84. The minimum absolute atomic E-state index is 0.152. The molecule has 2 rings (SSSR count). The Kier molecular flexibility index (Phi) is 4.20. The smallest absolute Gasteiger partial charge is 0.417 e. The highest BCUT2D eigenvalue weighted by Gasteiger charge is 2.39. The van der Waals surface area contributed by atoms with Crippen LogP contribution in [0.5, 0.6) is 0 Å². The van der Waals surface area contributed by atoms with Gasteiger partial charge in [0.25, 0.3) is 0 Å². The summed E-state index contributed by atoms with van der Waals surface area (Å²) in [7, 11) is 0. The fourth-order valence-electron chi connectivity index (χ4n) is 1.86.